The summed E-state index contributed by atoms with van der Waals surface area (Å²) < 4.78 is 0. The fourth-order valence-electron chi connectivity index (χ4n) is 3.60. The number of aryl methyl sites for hydroxylation is 2. The number of rotatable bonds is 4. The Morgan fingerprint density at radius 2 is 2.00 bits per heavy atom. The summed E-state index contributed by atoms with van der Waals surface area (Å²) in [7, 11) is 0. The summed E-state index contributed by atoms with van der Waals surface area (Å²) in [4.78, 5) is 12.5. The number of carbonyl (C=O) groups excluding carboxylic acids is 1. The zero-order valence-electron chi connectivity index (χ0n) is 13.3. The van der Waals surface area contributed by atoms with Crippen LogP contribution in [-0.4, -0.2) is 12.5 Å². The molecule has 0 spiro atoms. The third-order valence-corrected chi connectivity index (χ3v) is 5.59. The van der Waals surface area contributed by atoms with E-state index < -0.39 is 0 Å². The molecule has 3 rings (SSSR count). The maximum absolute atomic E-state index is 12.5. The number of benzene rings is 1. The van der Waals surface area contributed by atoms with Gasteiger partial charge in [0.05, 0.1) is 0 Å². The van der Waals surface area contributed by atoms with E-state index in [1.54, 1.807) is 11.3 Å². The summed E-state index contributed by atoms with van der Waals surface area (Å²) in [5, 5.41) is 7.58. The SMILES string of the molecule is Cc1ccc(C(=O)NCC2(c3ccsc3)CCCC2)c(C)c1. The van der Waals surface area contributed by atoms with Crippen molar-refractivity contribution in [2.75, 3.05) is 6.54 Å². The third kappa shape index (κ3) is 2.95. The lowest BCUT2D eigenvalue weighted by atomic mass is 9.80. The molecule has 0 atom stereocenters. The normalized spacial score (nSPS) is 16.6. The molecule has 1 N–H and O–H groups in total. The summed E-state index contributed by atoms with van der Waals surface area (Å²) in [5.41, 5.74) is 4.59. The fraction of sp³-hybridized carbons (Fsp3) is 0.421. The molecule has 1 aromatic heterocycles. The minimum atomic E-state index is 0.0546. The van der Waals surface area contributed by atoms with Crippen LogP contribution in [0.25, 0.3) is 0 Å². The van der Waals surface area contributed by atoms with Crippen molar-refractivity contribution in [2.45, 2.75) is 44.9 Å². The Hall–Kier alpha value is -1.61. The Bertz CT molecular complexity index is 654. The Kier molecular flexibility index (Phi) is 4.34. The zero-order valence-corrected chi connectivity index (χ0v) is 14.1. The molecule has 1 aliphatic rings. The first-order valence-electron chi connectivity index (χ1n) is 7.99. The summed E-state index contributed by atoms with van der Waals surface area (Å²) in [6, 6.07) is 8.23. The maximum atomic E-state index is 12.5. The van der Waals surface area contributed by atoms with Crippen LogP contribution < -0.4 is 5.32 Å². The number of thiophene rings is 1. The molecule has 22 heavy (non-hydrogen) atoms. The minimum absolute atomic E-state index is 0.0546. The van der Waals surface area contributed by atoms with Gasteiger partial charge in [0.15, 0.2) is 0 Å². The quantitative estimate of drug-likeness (QED) is 0.877. The molecule has 0 aliphatic heterocycles. The summed E-state index contributed by atoms with van der Waals surface area (Å²) in [6.07, 6.45) is 4.87. The van der Waals surface area contributed by atoms with E-state index in [9.17, 15) is 4.79 Å². The van der Waals surface area contributed by atoms with Gasteiger partial charge >= 0.3 is 0 Å². The number of carbonyl (C=O) groups is 1. The lowest BCUT2D eigenvalue weighted by Gasteiger charge is -2.29. The molecule has 1 aromatic carbocycles. The van der Waals surface area contributed by atoms with Gasteiger partial charge in [0.25, 0.3) is 5.91 Å². The number of amides is 1. The molecule has 3 heteroatoms. The Morgan fingerprint density at radius 3 is 2.64 bits per heavy atom. The van der Waals surface area contributed by atoms with Crippen molar-refractivity contribution in [2.24, 2.45) is 0 Å². The van der Waals surface area contributed by atoms with E-state index in [4.69, 9.17) is 0 Å². The predicted molar refractivity (Wildman–Crippen MR) is 92.7 cm³/mol. The molecule has 1 aliphatic carbocycles. The van der Waals surface area contributed by atoms with Gasteiger partial charge in [-0.25, -0.2) is 0 Å². The van der Waals surface area contributed by atoms with Crippen LogP contribution in [0.1, 0.15) is 52.7 Å². The minimum Gasteiger partial charge on any atom is -0.351 e. The van der Waals surface area contributed by atoms with E-state index in [1.807, 2.05) is 19.1 Å². The molecule has 2 nitrogen and oxygen atoms in total. The van der Waals surface area contributed by atoms with Gasteiger partial charge in [-0.15, -0.1) is 0 Å². The molecule has 1 saturated carbocycles. The smallest absolute Gasteiger partial charge is 0.251 e. The molecule has 0 bridgehead atoms. The lowest BCUT2D eigenvalue weighted by Crippen LogP contribution is -2.39. The van der Waals surface area contributed by atoms with Crippen molar-refractivity contribution in [3.05, 3.63) is 57.3 Å². The summed E-state index contributed by atoms with van der Waals surface area (Å²) in [5.74, 6) is 0.0546. The van der Waals surface area contributed by atoms with E-state index in [2.05, 4.69) is 35.1 Å². The van der Waals surface area contributed by atoms with Crippen LogP contribution >= 0.6 is 11.3 Å². The fourth-order valence-corrected chi connectivity index (χ4v) is 4.38. The standard InChI is InChI=1S/C19H23NOS/c1-14-5-6-17(15(2)11-14)18(21)20-13-19(8-3-4-9-19)16-7-10-22-12-16/h5-7,10-12H,3-4,8-9,13H2,1-2H3,(H,20,21). The van der Waals surface area contributed by atoms with E-state index >= 15 is 0 Å². The van der Waals surface area contributed by atoms with Crippen LogP contribution in [0.5, 0.6) is 0 Å². The van der Waals surface area contributed by atoms with Crippen molar-refractivity contribution in [3.63, 3.8) is 0 Å². The molecular weight excluding hydrogens is 290 g/mol. The monoisotopic (exact) mass is 313 g/mol. The van der Waals surface area contributed by atoms with Gasteiger partial charge in [0.1, 0.15) is 0 Å². The second-order valence-electron chi connectivity index (χ2n) is 6.50. The Balaban J connectivity index is 1.74. The average molecular weight is 313 g/mol. The highest BCUT2D eigenvalue weighted by Crippen LogP contribution is 2.41. The second-order valence-corrected chi connectivity index (χ2v) is 7.28. The van der Waals surface area contributed by atoms with Crippen LogP contribution in [0.15, 0.2) is 35.0 Å². The van der Waals surface area contributed by atoms with Crippen LogP contribution in [0, 0.1) is 13.8 Å². The summed E-state index contributed by atoms with van der Waals surface area (Å²) >= 11 is 1.75. The van der Waals surface area contributed by atoms with Crippen molar-refractivity contribution in [1.29, 1.82) is 0 Å². The van der Waals surface area contributed by atoms with Crippen molar-refractivity contribution < 1.29 is 4.79 Å². The topological polar surface area (TPSA) is 29.1 Å². The van der Waals surface area contributed by atoms with E-state index in [0.717, 1.165) is 17.7 Å². The second kappa shape index (κ2) is 6.25. The summed E-state index contributed by atoms with van der Waals surface area (Å²) in [6.45, 7) is 4.81. The molecule has 1 fully saturated rings. The maximum Gasteiger partial charge on any atom is 0.251 e. The molecule has 2 aromatic rings. The first kappa shape index (κ1) is 15.3. The van der Waals surface area contributed by atoms with E-state index in [0.29, 0.717) is 0 Å². The van der Waals surface area contributed by atoms with E-state index in [-0.39, 0.29) is 11.3 Å². The molecule has 0 saturated heterocycles. The van der Waals surface area contributed by atoms with Crippen molar-refractivity contribution in [3.8, 4) is 0 Å². The Morgan fingerprint density at radius 1 is 1.23 bits per heavy atom. The molecule has 1 heterocycles. The first-order chi connectivity index (χ1) is 10.6. The van der Waals surface area contributed by atoms with Gasteiger partial charge in [-0.05, 0) is 60.7 Å². The van der Waals surface area contributed by atoms with Crippen LogP contribution in [-0.2, 0) is 5.41 Å². The van der Waals surface area contributed by atoms with Gasteiger partial charge in [-0.2, -0.15) is 11.3 Å². The van der Waals surface area contributed by atoms with Crippen molar-refractivity contribution >= 4 is 17.2 Å². The van der Waals surface area contributed by atoms with Crippen molar-refractivity contribution in [1.82, 2.24) is 5.32 Å². The van der Waals surface area contributed by atoms with Gasteiger partial charge in [-0.3, -0.25) is 4.79 Å². The third-order valence-electron chi connectivity index (χ3n) is 4.91. The van der Waals surface area contributed by atoms with Gasteiger partial charge in [0, 0.05) is 17.5 Å². The number of hydrogen-bond donors (Lipinski definition) is 1. The molecule has 1 amide bonds. The number of nitrogens with one attached hydrogen (secondary N) is 1. The Labute approximate surface area is 136 Å². The lowest BCUT2D eigenvalue weighted by molar-refractivity contribution is 0.0942. The molecule has 116 valence electrons. The van der Waals surface area contributed by atoms with E-state index in [1.165, 1.54) is 36.8 Å². The van der Waals surface area contributed by atoms with Crippen LogP contribution in [0.3, 0.4) is 0 Å². The average Bonchev–Trinajstić information content (AvgIpc) is 3.17. The first-order valence-corrected chi connectivity index (χ1v) is 8.93. The molecule has 0 unspecified atom stereocenters. The predicted octanol–water partition coefficient (Wildman–Crippen LogP) is 4.61. The van der Waals surface area contributed by atoms with Gasteiger partial charge < -0.3 is 5.32 Å². The molecule has 0 radical (unpaired) electrons. The van der Waals surface area contributed by atoms with Crippen LogP contribution in [0.4, 0.5) is 0 Å². The zero-order chi connectivity index (χ0) is 15.6. The van der Waals surface area contributed by atoms with Gasteiger partial charge in [0.2, 0.25) is 0 Å². The highest BCUT2D eigenvalue weighted by Gasteiger charge is 2.36. The molecular formula is C19H23NOS. The van der Waals surface area contributed by atoms with Crippen LogP contribution in [0.2, 0.25) is 0 Å². The number of hydrogen-bond acceptors (Lipinski definition) is 2. The highest BCUT2D eigenvalue weighted by molar-refractivity contribution is 7.08. The highest BCUT2D eigenvalue weighted by atomic mass is 32.1. The van der Waals surface area contributed by atoms with Gasteiger partial charge in [-0.1, -0.05) is 30.5 Å². The largest absolute Gasteiger partial charge is 0.351 e.